The van der Waals surface area contributed by atoms with Gasteiger partial charge < -0.3 is 14.2 Å². The fourth-order valence-corrected chi connectivity index (χ4v) is 3.57. The number of thiazole rings is 1. The molecule has 1 atom stereocenters. The molecule has 116 valence electrons. The number of hydrogen-bond acceptors (Lipinski definition) is 6. The number of benzene rings is 1. The number of rotatable bonds is 3. The molecule has 0 bridgehead atoms. The fourth-order valence-electron chi connectivity index (χ4n) is 2.89. The summed E-state index contributed by atoms with van der Waals surface area (Å²) in [6.07, 6.45) is 1.91. The van der Waals surface area contributed by atoms with Gasteiger partial charge in [0.1, 0.15) is 24.3 Å². The van der Waals surface area contributed by atoms with Crippen molar-refractivity contribution in [2.75, 3.05) is 32.9 Å². The highest BCUT2D eigenvalue weighted by Gasteiger charge is 2.25. The molecule has 0 radical (unpaired) electrons. The number of nitrogens with zero attached hydrogens (tertiary/aromatic N) is 2. The molecule has 1 unspecified atom stereocenters. The van der Waals surface area contributed by atoms with Crippen molar-refractivity contribution >= 4 is 11.3 Å². The Balaban J connectivity index is 1.49. The van der Waals surface area contributed by atoms with E-state index in [0.29, 0.717) is 13.2 Å². The summed E-state index contributed by atoms with van der Waals surface area (Å²) in [5.74, 6) is 1.75. The second kappa shape index (κ2) is 6.24. The largest absolute Gasteiger partial charge is 0.486 e. The maximum atomic E-state index is 5.85. The van der Waals surface area contributed by atoms with Crippen LogP contribution in [0.3, 0.4) is 0 Å². The average molecular weight is 318 g/mol. The summed E-state index contributed by atoms with van der Waals surface area (Å²) in [6.45, 7) is 4.60. The highest BCUT2D eigenvalue weighted by molar-refractivity contribution is 7.09. The van der Waals surface area contributed by atoms with Crippen LogP contribution in [0.25, 0.3) is 0 Å². The zero-order valence-corrected chi connectivity index (χ0v) is 13.1. The Morgan fingerprint density at radius 3 is 3.09 bits per heavy atom. The molecule has 22 heavy (non-hydrogen) atoms. The summed E-state index contributed by atoms with van der Waals surface area (Å²) in [5, 5.41) is 3.05. The van der Waals surface area contributed by atoms with Crippen LogP contribution in [0.2, 0.25) is 0 Å². The minimum atomic E-state index is 0.0745. The monoisotopic (exact) mass is 318 g/mol. The van der Waals surface area contributed by atoms with Gasteiger partial charge in [0.15, 0.2) is 11.5 Å². The van der Waals surface area contributed by atoms with Gasteiger partial charge in [0.25, 0.3) is 0 Å². The molecule has 1 aromatic carbocycles. The van der Waals surface area contributed by atoms with Crippen LogP contribution in [0.4, 0.5) is 0 Å². The molecule has 6 heteroatoms. The number of aromatic nitrogens is 1. The third-order valence-electron chi connectivity index (χ3n) is 3.92. The van der Waals surface area contributed by atoms with Gasteiger partial charge in [-0.25, -0.2) is 4.98 Å². The van der Waals surface area contributed by atoms with E-state index in [1.54, 1.807) is 11.3 Å². The van der Waals surface area contributed by atoms with Crippen molar-refractivity contribution in [2.45, 2.75) is 12.6 Å². The SMILES string of the molecule is c1cc(CN2CCOC(c3nccs3)C2)c2c(c1)OCCO2. The first kappa shape index (κ1) is 14.0. The van der Waals surface area contributed by atoms with Crippen molar-refractivity contribution in [3.63, 3.8) is 0 Å². The Morgan fingerprint density at radius 2 is 2.18 bits per heavy atom. The standard InChI is InChI=1S/C16H18N2O3S/c1-2-12(15-13(3-1)20-7-8-21-15)10-18-5-6-19-14(11-18)16-17-4-9-22-16/h1-4,9,14H,5-8,10-11H2. The molecule has 1 saturated heterocycles. The number of morpholine rings is 1. The summed E-state index contributed by atoms with van der Waals surface area (Å²) < 4.78 is 17.3. The molecular formula is C16H18N2O3S. The predicted octanol–water partition coefficient (Wildman–Crippen LogP) is 2.49. The molecule has 4 rings (SSSR count). The van der Waals surface area contributed by atoms with E-state index >= 15 is 0 Å². The molecule has 1 aromatic heterocycles. The van der Waals surface area contributed by atoms with E-state index in [0.717, 1.165) is 42.7 Å². The average Bonchev–Trinajstić information content (AvgIpc) is 3.10. The van der Waals surface area contributed by atoms with Crippen molar-refractivity contribution in [3.05, 3.63) is 40.3 Å². The maximum Gasteiger partial charge on any atom is 0.165 e. The smallest absolute Gasteiger partial charge is 0.165 e. The van der Waals surface area contributed by atoms with Gasteiger partial charge in [-0.15, -0.1) is 11.3 Å². The van der Waals surface area contributed by atoms with Crippen molar-refractivity contribution < 1.29 is 14.2 Å². The van der Waals surface area contributed by atoms with E-state index in [2.05, 4.69) is 16.0 Å². The molecule has 2 aliphatic rings. The molecule has 3 heterocycles. The lowest BCUT2D eigenvalue weighted by atomic mass is 10.1. The first-order chi connectivity index (χ1) is 10.9. The van der Waals surface area contributed by atoms with Crippen molar-refractivity contribution in [2.24, 2.45) is 0 Å². The van der Waals surface area contributed by atoms with E-state index in [9.17, 15) is 0 Å². The normalized spacial score (nSPS) is 21.7. The second-order valence-corrected chi connectivity index (χ2v) is 6.33. The third-order valence-corrected chi connectivity index (χ3v) is 4.79. The minimum Gasteiger partial charge on any atom is -0.486 e. The number of para-hydroxylation sites is 1. The molecule has 0 spiro atoms. The highest BCUT2D eigenvalue weighted by atomic mass is 32.1. The molecule has 0 aliphatic carbocycles. The number of fused-ring (bicyclic) bond motifs is 1. The van der Waals surface area contributed by atoms with Gasteiger partial charge in [0.2, 0.25) is 0 Å². The number of ether oxygens (including phenoxy) is 3. The molecule has 2 aliphatic heterocycles. The Bertz CT molecular complexity index is 632. The van der Waals surface area contributed by atoms with Crippen LogP contribution < -0.4 is 9.47 Å². The summed E-state index contributed by atoms with van der Waals surface area (Å²) >= 11 is 1.65. The highest BCUT2D eigenvalue weighted by Crippen LogP contribution is 2.35. The summed E-state index contributed by atoms with van der Waals surface area (Å²) in [5.41, 5.74) is 1.18. The maximum absolute atomic E-state index is 5.85. The summed E-state index contributed by atoms with van der Waals surface area (Å²) in [7, 11) is 0. The van der Waals surface area contributed by atoms with Gasteiger partial charge in [-0.3, -0.25) is 4.90 Å². The predicted molar refractivity (Wildman–Crippen MR) is 83.5 cm³/mol. The zero-order valence-electron chi connectivity index (χ0n) is 12.2. The topological polar surface area (TPSA) is 43.8 Å². The van der Waals surface area contributed by atoms with Crippen LogP contribution in [0.5, 0.6) is 11.5 Å². The van der Waals surface area contributed by atoms with Gasteiger partial charge in [-0.05, 0) is 6.07 Å². The second-order valence-electron chi connectivity index (χ2n) is 5.41. The molecule has 0 saturated carbocycles. The zero-order chi connectivity index (χ0) is 14.8. The molecule has 1 fully saturated rings. The lowest BCUT2D eigenvalue weighted by Crippen LogP contribution is -2.38. The van der Waals surface area contributed by atoms with Crippen LogP contribution in [-0.4, -0.2) is 42.8 Å². The van der Waals surface area contributed by atoms with Crippen LogP contribution >= 0.6 is 11.3 Å². The molecule has 2 aromatic rings. The molecular weight excluding hydrogens is 300 g/mol. The van der Waals surface area contributed by atoms with E-state index in [-0.39, 0.29) is 6.10 Å². The Kier molecular flexibility index (Phi) is 3.97. The van der Waals surface area contributed by atoms with Crippen LogP contribution in [0.1, 0.15) is 16.7 Å². The van der Waals surface area contributed by atoms with E-state index in [1.807, 2.05) is 23.7 Å². The lowest BCUT2D eigenvalue weighted by Gasteiger charge is -2.32. The van der Waals surface area contributed by atoms with E-state index in [4.69, 9.17) is 14.2 Å². The van der Waals surface area contributed by atoms with Gasteiger partial charge in [0, 0.05) is 36.8 Å². The molecule has 5 nitrogen and oxygen atoms in total. The quantitative estimate of drug-likeness (QED) is 0.870. The molecule has 0 amide bonds. The first-order valence-electron chi connectivity index (χ1n) is 7.51. The third kappa shape index (κ3) is 2.82. The minimum absolute atomic E-state index is 0.0745. The van der Waals surface area contributed by atoms with E-state index < -0.39 is 0 Å². The van der Waals surface area contributed by atoms with E-state index in [1.165, 1.54) is 5.56 Å². The lowest BCUT2D eigenvalue weighted by molar-refractivity contribution is -0.0333. The fraction of sp³-hybridized carbons (Fsp3) is 0.438. The van der Waals surface area contributed by atoms with Crippen LogP contribution in [-0.2, 0) is 11.3 Å². The van der Waals surface area contributed by atoms with Gasteiger partial charge >= 0.3 is 0 Å². The van der Waals surface area contributed by atoms with Gasteiger partial charge in [-0.1, -0.05) is 12.1 Å². The van der Waals surface area contributed by atoms with Crippen molar-refractivity contribution in [1.29, 1.82) is 0 Å². The van der Waals surface area contributed by atoms with Crippen molar-refractivity contribution in [3.8, 4) is 11.5 Å². The Morgan fingerprint density at radius 1 is 1.23 bits per heavy atom. The number of hydrogen-bond donors (Lipinski definition) is 0. The van der Waals surface area contributed by atoms with Crippen LogP contribution in [0, 0.1) is 0 Å². The molecule has 0 N–H and O–H groups in total. The van der Waals surface area contributed by atoms with Gasteiger partial charge in [-0.2, -0.15) is 0 Å². The Hall–Kier alpha value is -1.63. The summed E-state index contributed by atoms with van der Waals surface area (Å²) in [6, 6.07) is 6.11. The summed E-state index contributed by atoms with van der Waals surface area (Å²) in [4.78, 5) is 6.77. The van der Waals surface area contributed by atoms with Crippen molar-refractivity contribution in [1.82, 2.24) is 9.88 Å². The van der Waals surface area contributed by atoms with Gasteiger partial charge in [0.05, 0.1) is 6.61 Å². The van der Waals surface area contributed by atoms with Crippen LogP contribution in [0.15, 0.2) is 29.8 Å². The first-order valence-corrected chi connectivity index (χ1v) is 8.39. The Labute approximate surface area is 133 Å².